The van der Waals surface area contributed by atoms with Crippen LogP contribution in [0.1, 0.15) is 19.8 Å². The van der Waals surface area contributed by atoms with Crippen molar-refractivity contribution in [2.45, 2.75) is 19.8 Å². The molecule has 0 N–H and O–H groups in total. The molecular formula is C6H13P. The molecule has 0 aromatic carbocycles. The molecule has 1 aliphatic heterocycles. The summed E-state index contributed by atoms with van der Waals surface area (Å²) < 4.78 is 0. The summed E-state index contributed by atoms with van der Waals surface area (Å²) in [5, 5.41) is 0. The Morgan fingerprint density at radius 1 is 1.29 bits per heavy atom. The highest BCUT2D eigenvalue weighted by molar-refractivity contribution is 7.57. The molecule has 0 unspecified atom stereocenters. The van der Waals surface area contributed by atoms with Gasteiger partial charge in [0.25, 0.3) is 0 Å². The van der Waals surface area contributed by atoms with Gasteiger partial charge in [0.15, 0.2) is 0 Å². The van der Waals surface area contributed by atoms with Crippen molar-refractivity contribution in [2.75, 3.05) is 12.3 Å². The van der Waals surface area contributed by atoms with E-state index in [-0.39, 0.29) is 7.55 Å². The summed E-state index contributed by atoms with van der Waals surface area (Å²) in [4.78, 5) is 0. The monoisotopic (exact) mass is 116 g/mol. The highest BCUT2D eigenvalue weighted by Gasteiger charge is 2.01. The third-order valence-electron chi connectivity index (χ3n) is 1.65. The summed E-state index contributed by atoms with van der Waals surface area (Å²) in [6.45, 7) is 2.22. The van der Waals surface area contributed by atoms with Gasteiger partial charge in [-0.15, -0.1) is 7.55 Å². The smallest absolute Gasteiger partial charge is 0.0355 e. The van der Waals surface area contributed by atoms with Crippen LogP contribution in [0, 0.1) is 0 Å². The van der Waals surface area contributed by atoms with Gasteiger partial charge >= 0.3 is 0 Å². The average molecular weight is 116 g/mol. The molecule has 1 fully saturated rings. The van der Waals surface area contributed by atoms with Crippen LogP contribution in [0.3, 0.4) is 0 Å². The quantitative estimate of drug-likeness (QED) is 0.423. The first-order valence-electron chi connectivity index (χ1n) is 3.07. The van der Waals surface area contributed by atoms with Crippen molar-refractivity contribution < 1.29 is 0 Å². The summed E-state index contributed by atoms with van der Waals surface area (Å²) in [6, 6.07) is 0. The van der Waals surface area contributed by atoms with Gasteiger partial charge in [-0.05, 0) is 32.1 Å². The minimum atomic E-state index is 0.123. The maximum Gasteiger partial charge on any atom is -0.0355 e. The third kappa shape index (κ3) is 1.35. The summed E-state index contributed by atoms with van der Waals surface area (Å²) in [6.07, 6.45) is 6.14. The Labute approximate surface area is 46.3 Å². The van der Waals surface area contributed by atoms with E-state index in [1.54, 1.807) is 12.3 Å². The summed E-state index contributed by atoms with van der Waals surface area (Å²) >= 11 is 0. The predicted molar refractivity (Wildman–Crippen MR) is 39.0 cm³/mol. The van der Waals surface area contributed by atoms with Gasteiger partial charge in [-0.2, -0.15) is 0 Å². The number of hydrogen-bond donors (Lipinski definition) is 0. The van der Waals surface area contributed by atoms with Crippen LogP contribution in [0.2, 0.25) is 0 Å². The van der Waals surface area contributed by atoms with E-state index in [1.807, 2.05) is 0 Å². The van der Waals surface area contributed by atoms with Crippen molar-refractivity contribution in [2.24, 2.45) is 0 Å². The van der Waals surface area contributed by atoms with Crippen LogP contribution in [0.25, 0.3) is 0 Å². The number of hydrogen-bond acceptors (Lipinski definition) is 0. The van der Waals surface area contributed by atoms with E-state index >= 15 is 0 Å². The summed E-state index contributed by atoms with van der Waals surface area (Å²) in [5.74, 6) is 2.44. The molecule has 1 saturated heterocycles. The molecule has 1 heteroatoms. The van der Waals surface area contributed by atoms with E-state index in [2.05, 4.69) is 12.7 Å². The molecule has 0 aliphatic carbocycles. The molecule has 0 radical (unpaired) electrons. The minimum absolute atomic E-state index is 0.123. The molecule has 1 aliphatic rings. The maximum absolute atomic E-state index is 2.44. The minimum Gasteiger partial charge on any atom is -0.122 e. The van der Waals surface area contributed by atoms with Crippen LogP contribution in [-0.2, 0) is 0 Å². The molecule has 0 aromatic rings. The Hall–Kier alpha value is 0.300. The van der Waals surface area contributed by atoms with Crippen molar-refractivity contribution in [3.63, 3.8) is 0 Å². The van der Waals surface area contributed by atoms with Crippen molar-refractivity contribution >= 4 is 13.3 Å². The maximum atomic E-state index is 2.44. The van der Waals surface area contributed by atoms with Crippen LogP contribution < -0.4 is 0 Å². The zero-order valence-corrected chi connectivity index (χ0v) is 5.91. The SMILES string of the molecule is CC=[PH]1CCCC1. The van der Waals surface area contributed by atoms with Gasteiger partial charge in [-0.1, -0.05) is 5.80 Å². The Kier molecular flexibility index (Phi) is 2.00. The molecule has 1 heterocycles. The van der Waals surface area contributed by atoms with Crippen molar-refractivity contribution in [1.29, 1.82) is 0 Å². The lowest BCUT2D eigenvalue weighted by molar-refractivity contribution is 0.949. The highest BCUT2D eigenvalue weighted by atomic mass is 31.1. The molecule has 7 heavy (non-hydrogen) atoms. The van der Waals surface area contributed by atoms with Crippen LogP contribution in [0.4, 0.5) is 0 Å². The lowest BCUT2D eigenvalue weighted by Gasteiger charge is -1.87. The average Bonchev–Trinajstić information content (AvgIpc) is 2.14. The van der Waals surface area contributed by atoms with Crippen LogP contribution in [-0.4, -0.2) is 18.1 Å². The Balaban J connectivity index is 2.41. The molecular weight excluding hydrogens is 103 g/mol. The second kappa shape index (κ2) is 2.57. The zero-order chi connectivity index (χ0) is 5.11. The normalized spacial score (nSPS) is 23.0. The van der Waals surface area contributed by atoms with E-state index < -0.39 is 0 Å². The van der Waals surface area contributed by atoms with Crippen LogP contribution >= 0.6 is 7.55 Å². The Bertz CT molecular complexity index is 76.2. The highest BCUT2D eigenvalue weighted by Crippen LogP contribution is 2.31. The fourth-order valence-corrected chi connectivity index (χ4v) is 3.35. The molecule has 0 saturated carbocycles. The molecule has 0 bridgehead atoms. The van der Waals surface area contributed by atoms with E-state index in [1.165, 1.54) is 12.8 Å². The van der Waals surface area contributed by atoms with Gasteiger partial charge in [0.2, 0.25) is 0 Å². The molecule has 1 rings (SSSR count). The van der Waals surface area contributed by atoms with E-state index in [4.69, 9.17) is 0 Å². The topological polar surface area (TPSA) is 0 Å². The summed E-state index contributed by atoms with van der Waals surface area (Å²) in [5.41, 5.74) is 0. The van der Waals surface area contributed by atoms with Gasteiger partial charge < -0.3 is 0 Å². The van der Waals surface area contributed by atoms with Crippen molar-refractivity contribution in [3.8, 4) is 0 Å². The largest absolute Gasteiger partial charge is 0.122 e. The Morgan fingerprint density at radius 2 is 1.86 bits per heavy atom. The second-order valence-electron chi connectivity index (χ2n) is 2.15. The molecule has 0 aromatic heterocycles. The number of rotatable bonds is 0. The van der Waals surface area contributed by atoms with Gasteiger partial charge in [-0.3, -0.25) is 0 Å². The first-order chi connectivity index (χ1) is 3.43. The van der Waals surface area contributed by atoms with E-state index in [0.717, 1.165) is 0 Å². The van der Waals surface area contributed by atoms with Crippen LogP contribution in [0.15, 0.2) is 0 Å². The van der Waals surface area contributed by atoms with E-state index in [9.17, 15) is 0 Å². The second-order valence-corrected chi connectivity index (χ2v) is 5.05. The lowest BCUT2D eigenvalue weighted by atomic mass is 10.4. The van der Waals surface area contributed by atoms with E-state index in [0.29, 0.717) is 0 Å². The summed E-state index contributed by atoms with van der Waals surface area (Å²) in [7, 11) is 0.123. The van der Waals surface area contributed by atoms with Crippen LogP contribution in [0.5, 0.6) is 0 Å². The van der Waals surface area contributed by atoms with Gasteiger partial charge in [0, 0.05) is 0 Å². The van der Waals surface area contributed by atoms with Gasteiger partial charge in [0.05, 0.1) is 0 Å². The lowest BCUT2D eigenvalue weighted by Crippen LogP contribution is -1.63. The zero-order valence-electron chi connectivity index (χ0n) is 4.91. The first kappa shape index (κ1) is 5.44. The predicted octanol–water partition coefficient (Wildman–Crippen LogP) is 1.82. The first-order valence-corrected chi connectivity index (χ1v) is 5.06. The molecule has 0 spiro atoms. The molecule has 0 amide bonds. The standard InChI is InChI=1S/C6H13P/c1-2-7-5-3-4-6-7/h2,7H,3-6H2,1H3. The van der Waals surface area contributed by atoms with Crippen molar-refractivity contribution in [1.82, 2.24) is 0 Å². The molecule has 0 nitrogen and oxygen atoms in total. The fraction of sp³-hybridized carbons (Fsp3) is 0.833. The van der Waals surface area contributed by atoms with Gasteiger partial charge in [0.1, 0.15) is 0 Å². The van der Waals surface area contributed by atoms with Gasteiger partial charge in [-0.25, -0.2) is 0 Å². The Morgan fingerprint density at radius 3 is 2.14 bits per heavy atom. The molecule has 0 atom stereocenters. The fourth-order valence-electron chi connectivity index (χ4n) is 1.12. The van der Waals surface area contributed by atoms with Crippen molar-refractivity contribution in [3.05, 3.63) is 0 Å². The molecule has 42 valence electrons. The third-order valence-corrected chi connectivity index (χ3v) is 4.46.